The molecule has 5 N–H and O–H groups in total. The average Bonchev–Trinajstić information content (AvgIpc) is 2.87. The molecule has 4 atom stereocenters. The van der Waals surface area contributed by atoms with E-state index in [1.807, 2.05) is 30.5 Å². The summed E-state index contributed by atoms with van der Waals surface area (Å²) in [6, 6.07) is 7.63. The largest absolute Gasteiger partial charge is 0.388 e. The molecule has 0 aliphatic heterocycles. The van der Waals surface area contributed by atoms with Crippen LogP contribution in [0.3, 0.4) is 0 Å². The first-order valence-corrected chi connectivity index (χ1v) is 6.68. The second-order valence-corrected chi connectivity index (χ2v) is 5.12. The van der Waals surface area contributed by atoms with Crippen molar-refractivity contribution in [3.63, 3.8) is 0 Å². The smallest absolute Gasteiger partial charge is 0.111 e. The van der Waals surface area contributed by atoms with Crippen molar-refractivity contribution >= 4 is 10.9 Å². The molecule has 0 radical (unpaired) electrons. The predicted octanol–water partition coefficient (Wildman–Crippen LogP) is 0.279. The van der Waals surface area contributed by atoms with Gasteiger partial charge in [-0.2, -0.15) is 0 Å². The van der Waals surface area contributed by atoms with Gasteiger partial charge in [0.2, 0.25) is 0 Å². The minimum absolute atomic E-state index is 0.373. The van der Waals surface area contributed by atoms with E-state index in [0.717, 1.165) is 16.5 Å². The summed E-state index contributed by atoms with van der Waals surface area (Å²) in [5.74, 6) is 0. The van der Waals surface area contributed by atoms with Gasteiger partial charge in [0.15, 0.2) is 0 Å². The van der Waals surface area contributed by atoms with Gasteiger partial charge in [-0.05, 0) is 11.6 Å². The topological polar surface area (TPSA) is 88.5 Å². The lowest BCUT2D eigenvalue weighted by Gasteiger charge is -2.31. The fraction of sp³-hybridized carbons (Fsp3) is 0.333. The molecule has 5 nitrogen and oxygen atoms in total. The van der Waals surface area contributed by atoms with Gasteiger partial charge in [-0.25, -0.2) is 0 Å². The summed E-state index contributed by atoms with van der Waals surface area (Å²) >= 11 is 0. The van der Waals surface area contributed by atoms with Gasteiger partial charge in [-0.1, -0.05) is 30.4 Å². The van der Waals surface area contributed by atoms with Crippen molar-refractivity contribution in [2.24, 2.45) is 0 Å². The van der Waals surface area contributed by atoms with Crippen molar-refractivity contribution in [2.45, 2.75) is 30.9 Å². The van der Waals surface area contributed by atoms with Crippen LogP contribution in [-0.4, -0.2) is 44.7 Å². The van der Waals surface area contributed by atoms with E-state index in [4.69, 9.17) is 0 Å². The Morgan fingerprint density at radius 3 is 2.70 bits per heavy atom. The molecule has 2 aromatic rings. The highest BCUT2D eigenvalue weighted by Gasteiger charge is 2.32. The molecule has 5 heteroatoms. The second kappa shape index (κ2) is 5.38. The number of hydrogen-bond donors (Lipinski definition) is 5. The Bertz CT molecular complexity index is 622. The molecular formula is C15H18N2O3. The van der Waals surface area contributed by atoms with E-state index >= 15 is 0 Å². The minimum Gasteiger partial charge on any atom is -0.388 e. The highest BCUT2D eigenvalue weighted by Crippen LogP contribution is 2.19. The van der Waals surface area contributed by atoms with Gasteiger partial charge in [-0.15, -0.1) is 0 Å². The summed E-state index contributed by atoms with van der Waals surface area (Å²) in [5.41, 5.74) is 2.17. The Labute approximate surface area is 116 Å². The lowest BCUT2D eigenvalue weighted by molar-refractivity contribution is -0.0567. The van der Waals surface area contributed by atoms with E-state index in [9.17, 15) is 15.3 Å². The zero-order chi connectivity index (χ0) is 14.1. The Balaban J connectivity index is 1.72. The lowest BCUT2D eigenvalue weighted by Crippen LogP contribution is -2.51. The Morgan fingerprint density at radius 2 is 1.85 bits per heavy atom. The van der Waals surface area contributed by atoms with Crippen LogP contribution in [0.5, 0.6) is 0 Å². The highest BCUT2D eigenvalue weighted by atomic mass is 16.4. The molecule has 1 aromatic carbocycles. The van der Waals surface area contributed by atoms with E-state index in [1.165, 1.54) is 6.08 Å². The zero-order valence-corrected chi connectivity index (χ0v) is 10.9. The molecule has 20 heavy (non-hydrogen) atoms. The second-order valence-electron chi connectivity index (χ2n) is 5.12. The summed E-state index contributed by atoms with van der Waals surface area (Å²) in [5, 5.41) is 33.3. The number of para-hydroxylation sites is 1. The number of fused-ring (bicyclic) bond motifs is 1. The number of aliphatic hydroxyl groups is 3. The van der Waals surface area contributed by atoms with E-state index in [0.29, 0.717) is 6.54 Å². The molecule has 0 amide bonds. The molecule has 0 bridgehead atoms. The number of benzene rings is 1. The summed E-state index contributed by atoms with van der Waals surface area (Å²) in [6.45, 7) is 0.568. The third-order valence-electron chi connectivity index (χ3n) is 3.79. The quantitative estimate of drug-likeness (QED) is 0.520. The van der Waals surface area contributed by atoms with Gasteiger partial charge >= 0.3 is 0 Å². The van der Waals surface area contributed by atoms with Crippen LogP contribution in [0, 0.1) is 0 Å². The first-order valence-electron chi connectivity index (χ1n) is 6.68. The van der Waals surface area contributed by atoms with Crippen LogP contribution in [0.2, 0.25) is 0 Å². The molecule has 0 fully saturated rings. The SMILES string of the molecule is O[C@@H]1[C@@H](O)[C@H](NCc2c[nH]c3ccccc23)C=C[C@H]1O. The Kier molecular flexibility index (Phi) is 3.58. The van der Waals surface area contributed by atoms with E-state index < -0.39 is 18.3 Å². The first-order chi connectivity index (χ1) is 9.66. The first kappa shape index (κ1) is 13.3. The maximum atomic E-state index is 9.92. The third-order valence-corrected chi connectivity index (χ3v) is 3.79. The van der Waals surface area contributed by atoms with Crippen molar-refractivity contribution in [2.75, 3.05) is 0 Å². The van der Waals surface area contributed by atoms with Crippen LogP contribution in [-0.2, 0) is 6.54 Å². The summed E-state index contributed by atoms with van der Waals surface area (Å²) in [6.07, 6.45) is 1.96. The molecule has 0 saturated heterocycles. The number of aliphatic hydroxyl groups excluding tert-OH is 3. The monoisotopic (exact) mass is 274 g/mol. The van der Waals surface area contributed by atoms with Crippen molar-refractivity contribution in [1.29, 1.82) is 0 Å². The van der Waals surface area contributed by atoms with Crippen LogP contribution in [0.1, 0.15) is 5.56 Å². The number of aromatic nitrogens is 1. The number of aromatic amines is 1. The van der Waals surface area contributed by atoms with Gasteiger partial charge in [0, 0.05) is 23.6 Å². The van der Waals surface area contributed by atoms with Crippen LogP contribution in [0.25, 0.3) is 10.9 Å². The summed E-state index contributed by atoms with van der Waals surface area (Å²) in [4.78, 5) is 3.19. The van der Waals surface area contributed by atoms with E-state index in [-0.39, 0.29) is 6.04 Å². The van der Waals surface area contributed by atoms with Crippen LogP contribution < -0.4 is 5.32 Å². The van der Waals surface area contributed by atoms with Gasteiger partial charge in [0.05, 0.1) is 6.04 Å². The molecule has 0 spiro atoms. The fourth-order valence-corrected chi connectivity index (χ4v) is 2.57. The number of hydrogen-bond acceptors (Lipinski definition) is 4. The molecule has 3 rings (SSSR count). The summed E-state index contributed by atoms with van der Waals surface area (Å²) in [7, 11) is 0. The normalized spacial score (nSPS) is 29.9. The number of rotatable bonds is 3. The maximum absolute atomic E-state index is 9.92. The molecule has 1 aliphatic rings. The van der Waals surface area contributed by atoms with E-state index in [2.05, 4.69) is 10.3 Å². The van der Waals surface area contributed by atoms with Crippen molar-refractivity contribution in [1.82, 2.24) is 10.3 Å². The maximum Gasteiger partial charge on any atom is 0.111 e. The van der Waals surface area contributed by atoms with Crippen molar-refractivity contribution < 1.29 is 15.3 Å². The number of nitrogens with one attached hydrogen (secondary N) is 2. The molecule has 0 saturated carbocycles. The lowest BCUT2D eigenvalue weighted by atomic mass is 9.94. The molecule has 1 heterocycles. The highest BCUT2D eigenvalue weighted by molar-refractivity contribution is 5.82. The molecule has 106 valence electrons. The molecule has 1 aliphatic carbocycles. The Morgan fingerprint density at radius 1 is 1.05 bits per heavy atom. The van der Waals surface area contributed by atoms with E-state index in [1.54, 1.807) is 6.08 Å². The summed E-state index contributed by atoms with van der Waals surface area (Å²) < 4.78 is 0. The predicted molar refractivity (Wildman–Crippen MR) is 76.1 cm³/mol. The molecule has 0 unspecified atom stereocenters. The third kappa shape index (κ3) is 2.36. The standard InChI is InChI=1S/C15H18N2O3/c18-13-6-5-12(14(19)15(13)20)17-8-9-7-16-11-4-2-1-3-10(9)11/h1-7,12-20H,8H2/t12-,13-,14+,15+/m1/s1. The van der Waals surface area contributed by atoms with Crippen molar-refractivity contribution in [3.8, 4) is 0 Å². The zero-order valence-electron chi connectivity index (χ0n) is 10.9. The van der Waals surface area contributed by atoms with Gasteiger partial charge < -0.3 is 25.6 Å². The van der Waals surface area contributed by atoms with Gasteiger partial charge in [0.1, 0.15) is 18.3 Å². The fourth-order valence-electron chi connectivity index (χ4n) is 2.57. The minimum atomic E-state index is -1.15. The molecule has 1 aromatic heterocycles. The Hall–Kier alpha value is -1.66. The van der Waals surface area contributed by atoms with Crippen LogP contribution >= 0.6 is 0 Å². The van der Waals surface area contributed by atoms with Crippen LogP contribution in [0.4, 0.5) is 0 Å². The van der Waals surface area contributed by atoms with Gasteiger partial charge in [0.25, 0.3) is 0 Å². The average molecular weight is 274 g/mol. The number of H-pyrrole nitrogens is 1. The van der Waals surface area contributed by atoms with Gasteiger partial charge in [-0.3, -0.25) is 0 Å². The molecular weight excluding hydrogens is 256 g/mol. The van der Waals surface area contributed by atoms with Crippen molar-refractivity contribution in [3.05, 3.63) is 48.2 Å². The van der Waals surface area contributed by atoms with Crippen LogP contribution in [0.15, 0.2) is 42.6 Å².